The standard InChI is InChI=1S/C12H9NO6/c1-17-11(15)8-5-19-4-7-6(8)3-9(12(16)18-2)13-10(7)14/h3-5H,1-2H3. The van der Waals surface area contributed by atoms with Crippen molar-refractivity contribution in [3.63, 3.8) is 0 Å². The fourth-order valence-electron chi connectivity index (χ4n) is 1.58. The second kappa shape index (κ2) is 4.89. The predicted molar refractivity (Wildman–Crippen MR) is 62.1 cm³/mol. The molecule has 19 heavy (non-hydrogen) atoms. The Morgan fingerprint density at radius 1 is 1.11 bits per heavy atom. The van der Waals surface area contributed by atoms with E-state index in [9.17, 15) is 14.4 Å². The fourth-order valence-corrected chi connectivity index (χ4v) is 1.58. The molecule has 0 radical (unpaired) electrons. The minimum atomic E-state index is -0.768. The highest BCUT2D eigenvalue weighted by atomic mass is 16.5. The van der Waals surface area contributed by atoms with Gasteiger partial charge in [0.2, 0.25) is 0 Å². The molecule has 7 heteroatoms. The van der Waals surface area contributed by atoms with Crippen LogP contribution < -0.4 is 5.56 Å². The van der Waals surface area contributed by atoms with Crippen molar-refractivity contribution in [3.05, 3.63) is 40.2 Å². The van der Waals surface area contributed by atoms with Crippen LogP contribution in [0.25, 0.3) is 11.1 Å². The molecule has 2 aliphatic heterocycles. The van der Waals surface area contributed by atoms with Gasteiger partial charge in [-0.25, -0.2) is 14.6 Å². The number of esters is 2. The number of nitrogens with zero attached hydrogens (tertiary/aromatic N) is 1. The lowest BCUT2D eigenvalue weighted by Crippen LogP contribution is -2.18. The number of carbonyl (C=O) groups excluding carboxylic acids is 2. The summed E-state index contributed by atoms with van der Waals surface area (Å²) in [5.74, 6) is -1.45. The molecule has 7 nitrogen and oxygen atoms in total. The van der Waals surface area contributed by atoms with Gasteiger partial charge in [0.15, 0.2) is 5.69 Å². The van der Waals surface area contributed by atoms with E-state index in [0.29, 0.717) is 0 Å². The highest BCUT2D eigenvalue weighted by molar-refractivity contribution is 5.98. The number of aromatic nitrogens is 1. The monoisotopic (exact) mass is 263 g/mol. The topological polar surface area (TPSA) is 95.7 Å². The molecule has 2 aliphatic rings. The van der Waals surface area contributed by atoms with Crippen molar-refractivity contribution < 1.29 is 23.5 Å². The molecule has 0 N–H and O–H groups in total. The van der Waals surface area contributed by atoms with Crippen LogP contribution in [0.4, 0.5) is 0 Å². The van der Waals surface area contributed by atoms with Gasteiger partial charge in [-0.05, 0) is 6.07 Å². The van der Waals surface area contributed by atoms with Crippen molar-refractivity contribution >= 4 is 11.9 Å². The minimum absolute atomic E-state index is 0.0321. The quantitative estimate of drug-likeness (QED) is 0.736. The van der Waals surface area contributed by atoms with Crippen molar-refractivity contribution in [2.24, 2.45) is 0 Å². The molecule has 0 aromatic rings. The fraction of sp³-hybridized carbons (Fsp3) is 0.167. The van der Waals surface area contributed by atoms with Crippen LogP contribution in [0, 0.1) is 0 Å². The largest absolute Gasteiger partial charge is 0.471 e. The van der Waals surface area contributed by atoms with E-state index in [1.807, 2.05) is 0 Å². The smallest absolute Gasteiger partial charge is 0.356 e. The maximum Gasteiger partial charge on any atom is 0.356 e. The van der Waals surface area contributed by atoms with Gasteiger partial charge in [-0.3, -0.25) is 4.79 Å². The van der Waals surface area contributed by atoms with Crippen LogP contribution in [0.5, 0.6) is 0 Å². The van der Waals surface area contributed by atoms with E-state index in [-0.39, 0.29) is 22.4 Å². The second-order valence-corrected chi connectivity index (χ2v) is 3.54. The van der Waals surface area contributed by atoms with Crippen LogP contribution in [0.3, 0.4) is 0 Å². The number of hydrogen-bond acceptors (Lipinski definition) is 7. The van der Waals surface area contributed by atoms with Gasteiger partial charge in [0.05, 0.1) is 19.8 Å². The summed E-state index contributed by atoms with van der Waals surface area (Å²) < 4.78 is 14.0. The van der Waals surface area contributed by atoms with Crippen molar-refractivity contribution in [2.75, 3.05) is 14.2 Å². The average molecular weight is 263 g/mol. The summed E-state index contributed by atoms with van der Waals surface area (Å²) in [5.41, 5.74) is -0.539. The van der Waals surface area contributed by atoms with Gasteiger partial charge in [0, 0.05) is 5.56 Å². The number of fused-ring (bicyclic) bond motifs is 1. The van der Waals surface area contributed by atoms with Crippen LogP contribution in [0.1, 0.15) is 20.8 Å². The number of hydrogen-bond donors (Lipinski definition) is 0. The maximum atomic E-state index is 11.8. The van der Waals surface area contributed by atoms with Crippen LogP contribution in [-0.2, 0) is 9.47 Å². The SMILES string of the molecule is COC(=O)c1cc2c(C(=O)OC)cocc-2c(=O)n1. The minimum Gasteiger partial charge on any atom is -0.471 e. The Morgan fingerprint density at radius 2 is 1.79 bits per heavy atom. The van der Waals surface area contributed by atoms with E-state index in [1.165, 1.54) is 20.3 Å². The Hall–Kier alpha value is -2.70. The molecular formula is C12H9NO6. The molecule has 98 valence electrons. The van der Waals surface area contributed by atoms with E-state index >= 15 is 0 Å². The molecular weight excluding hydrogens is 254 g/mol. The first kappa shape index (κ1) is 12.7. The molecule has 0 fully saturated rings. The summed E-state index contributed by atoms with van der Waals surface area (Å²) in [5, 5.41) is 0. The molecule has 0 saturated heterocycles. The third-order valence-electron chi connectivity index (χ3n) is 2.49. The van der Waals surface area contributed by atoms with Gasteiger partial charge in [0.25, 0.3) is 5.56 Å². The van der Waals surface area contributed by atoms with Gasteiger partial charge in [0.1, 0.15) is 18.1 Å². The number of methoxy groups -OCH3 is 2. The van der Waals surface area contributed by atoms with Crippen LogP contribution >= 0.6 is 0 Å². The summed E-state index contributed by atoms with van der Waals surface area (Å²) >= 11 is 0. The highest BCUT2D eigenvalue weighted by Gasteiger charge is 2.22. The molecule has 0 aromatic carbocycles. The Bertz CT molecular complexity index is 674. The second-order valence-electron chi connectivity index (χ2n) is 3.54. The van der Waals surface area contributed by atoms with Crippen molar-refractivity contribution in [1.82, 2.24) is 4.98 Å². The number of rotatable bonds is 2. The molecule has 0 saturated carbocycles. The first-order valence-corrected chi connectivity index (χ1v) is 5.16. The molecule has 0 aromatic heterocycles. The average Bonchev–Trinajstić information content (AvgIpc) is 2.44. The lowest BCUT2D eigenvalue weighted by molar-refractivity contribution is 0.0584. The molecule has 0 spiro atoms. The molecule has 2 heterocycles. The summed E-state index contributed by atoms with van der Waals surface area (Å²) in [6, 6.07) is 1.28. The summed E-state index contributed by atoms with van der Waals surface area (Å²) in [6.07, 6.45) is 2.28. The van der Waals surface area contributed by atoms with Crippen molar-refractivity contribution in [1.29, 1.82) is 0 Å². The normalized spacial score (nSPS) is 10.2. The molecule has 0 bridgehead atoms. The Morgan fingerprint density at radius 3 is 2.42 bits per heavy atom. The maximum absolute atomic E-state index is 11.8. The van der Waals surface area contributed by atoms with Crippen LogP contribution in [0.2, 0.25) is 0 Å². The van der Waals surface area contributed by atoms with E-state index in [2.05, 4.69) is 14.5 Å². The summed E-state index contributed by atoms with van der Waals surface area (Å²) in [7, 11) is 2.36. The zero-order valence-electron chi connectivity index (χ0n) is 10.1. The lowest BCUT2D eigenvalue weighted by atomic mass is 10.0. The Balaban J connectivity index is 2.74. The highest BCUT2D eigenvalue weighted by Crippen LogP contribution is 2.23. The zero-order valence-corrected chi connectivity index (χ0v) is 10.1. The van der Waals surface area contributed by atoms with Gasteiger partial charge < -0.3 is 13.9 Å². The van der Waals surface area contributed by atoms with E-state index < -0.39 is 17.5 Å². The number of pyridine rings is 1. The van der Waals surface area contributed by atoms with E-state index in [0.717, 1.165) is 12.5 Å². The van der Waals surface area contributed by atoms with Crippen LogP contribution in [0.15, 0.2) is 27.8 Å². The molecule has 0 atom stereocenters. The van der Waals surface area contributed by atoms with E-state index in [4.69, 9.17) is 4.42 Å². The molecule has 0 aliphatic carbocycles. The Kier molecular flexibility index (Phi) is 3.28. The number of ether oxygens (including phenoxy) is 2. The predicted octanol–water partition coefficient (Wildman–Crippen LogP) is 0.713. The van der Waals surface area contributed by atoms with Crippen molar-refractivity contribution in [2.45, 2.75) is 0 Å². The molecule has 2 rings (SSSR count). The lowest BCUT2D eigenvalue weighted by Gasteiger charge is -2.09. The van der Waals surface area contributed by atoms with Gasteiger partial charge >= 0.3 is 11.9 Å². The van der Waals surface area contributed by atoms with Gasteiger partial charge in [-0.15, -0.1) is 0 Å². The summed E-state index contributed by atoms with van der Waals surface area (Å²) in [6.45, 7) is 0. The third kappa shape index (κ3) is 2.17. The van der Waals surface area contributed by atoms with Gasteiger partial charge in [-0.1, -0.05) is 0 Å². The first-order chi connectivity index (χ1) is 9.08. The summed E-state index contributed by atoms with van der Waals surface area (Å²) in [4.78, 5) is 38.3. The molecule has 0 unspecified atom stereocenters. The van der Waals surface area contributed by atoms with E-state index in [1.54, 1.807) is 0 Å². The van der Waals surface area contributed by atoms with Crippen molar-refractivity contribution in [3.8, 4) is 11.1 Å². The third-order valence-corrected chi connectivity index (χ3v) is 2.49. The first-order valence-electron chi connectivity index (χ1n) is 5.16. The zero-order chi connectivity index (χ0) is 14.0. The molecule has 0 amide bonds. The Labute approximate surface area is 107 Å². The number of carbonyl (C=O) groups is 2. The van der Waals surface area contributed by atoms with Gasteiger partial charge in [-0.2, -0.15) is 0 Å². The van der Waals surface area contributed by atoms with Crippen LogP contribution in [-0.4, -0.2) is 31.1 Å².